The van der Waals surface area contributed by atoms with E-state index in [4.69, 9.17) is 0 Å². The van der Waals surface area contributed by atoms with Gasteiger partial charge in [-0.05, 0) is 0 Å². The maximum Gasteiger partial charge on any atom is 0.331 e. The molecule has 6 nitrogen and oxygen atoms in total. The van der Waals surface area contributed by atoms with Crippen molar-refractivity contribution in [1.82, 2.24) is 14.1 Å². The van der Waals surface area contributed by atoms with Crippen molar-refractivity contribution >= 4 is 0 Å². The number of aromatic amines is 1. The Labute approximate surface area is 108 Å². The fraction of sp³-hybridized carbons (Fsp3) is 0.222. The Bertz CT molecular complexity index is 579. The van der Waals surface area contributed by atoms with Crippen LogP contribution in [-0.2, 0) is 14.1 Å². The van der Waals surface area contributed by atoms with Crippen LogP contribution in [0.2, 0.25) is 0 Å². The third-order valence-electron chi connectivity index (χ3n) is 2.18. The van der Waals surface area contributed by atoms with Crippen molar-refractivity contribution in [1.29, 1.82) is 0 Å². The van der Waals surface area contributed by atoms with Crippen LogP contribution in [0.1, 0.15) is 0 Å². The maximum atomic E-state index is 11.4. The zero-order valence-corrected chi connectivity index (χ0v) is 11.0. The highest BCUT2D eigenvalue weighted by Gasteiger charge is 2.07. The van der Waals surface area contributed by atoms with E-state index < -0.39 is 5.69 Å². The lowest BCUT2D eigenvalue weighted by molar-refractivity contribution is -0.670. The second-order valence-electron chi connectivity index (χ2n) is 3.34. The van der Waals surface area contributed by atoms with E-state index in [1.54, 1.807) is 17.1 Å². The molecule has 0 aliphatic carbocycles. The van der Waals surface area contributed by atoms with Gasteiger partial charge in [0.1, 0.15) is 12.4 Å². The molecule has 0 saturated carbocycles. The summed E-state index contributed by atoms with van der Waals surface area (Å²) in [6, 6.07) is 1.38. The Morgan fingerprint density at radius 3 is 2.56 bits per heavy atom. The first-order valence-corrected chi connectivity index (χ1v) is 4.42. The Morgan fingerprint density at radius 1 is 1.38 bits per heavy atom. The predicted molar refractivity (Wildman–Crippen MR) is 52.8 cm³/mol. The van der Waals surface area contributed by atoms with Gasteiger partial charge in [0.25, 0.3) is 5.56 Å². The van der Waals surface area contributed by atoms with Crippen molar-refractivity contribution in [3.8, 4) is 5.82 Å². The zero-order chi connectivity index (χ0) is 11.0. The van der Waals surface area contributed by atoms with Crippen LogP contribution in [0.25, 0.3) is 5.82 Å². The van der Waals surface area contributed by atoms with Gasteiger partial charge in [-0.2, -0.15) is 4.57 Å². The largest absolute Gasteiger partial charge is 1.00 e. The Hall–Kier alpha value is -1.38. The molecule has 2 aromatic heterocycles. The van der Waals surface area contributed by atoms with Crippen LogP contribution in [-0.4, -0.2) is 14.1 Å². The van der Waals surface area contributed by atoms with Crippen molar-refractivity contribution < 1.29 is 28.5 Å². The van der Waals surface area contributed by atoms with Gasteiger partial charge >= 0.3 is 5.69 Å². The van der Waals surface area contributed by atoms with E-state index in [1.807, 2.05) is 17.8 Å². The van der Waals surface area contributed by atoms with Gasteiger partial charge < -0.3 is 24.0 Å². The number of halogens is 1. The molecule has 0 bridgehead atoms. The molecule has 7 heteroatoms. The third-order valence-corrected chi connectivity index (χ3v) is 2.18. The van der Waals surface area contributed by atoms with Crippen molar-refractivity contribution in [2.24, 2.45) is 14.1 Å². The van der Waals surface area contributed by atoms with Gasteiger partial charge in [0.05, 0.1) is 13.1 Å². The molecule has 0 radical (unpaired) electrons. The summed E-state index contributed by atoms with van der Waals surface area (Å²) in [7, 11) is 3.29. The first kappa shape index (κ1) is 12.7. The molecule has 0 spiro atoms. The maximum absolute atomic E-state index is 11.4. The number of H-pyrrole nitrogens is 1. The van der Waals surface area contributed by atoms with Gasteiger partial charge in [0.15, 0.2) is 0 Å². The lowest BCUT2D eigenvalue weighted by Gasteiger charge is -1.97. The van der Waals surface area contributed by atoms with Crippen LogP contribution in [0, 0.1) is 0 Å². The average Bonchev–Trinajstić information content (AvgIpc) is 2.60. The fourth-order valence-corrected chi connectivity index (χ4v) is 1.28. The Balaban J connectivity index is 0.00000128. The first-order valence-electron chi connectivity index (χ1n) is 4.42. The van der Waals surface area contributed by atoms with E-state index in [9.17, 15) is 9.59 Å². The summed E-state index contributed by atoms with van der Waals surface area (Å²) in [6.45, 7) is 0. The summed E-state index contributed by atoms with van der Waals surface area (Å²) in [5.41, 5.74) is -0.751. The molecule has 16 heavy (non-hydrogen) atoms. The van der Waals surface area contributed by atoms with Crippen molar-refractivity contribution in [3.63, 3.8) is 0 Å². The van der Waals surface area contributed by atoms with Crippen LogP contribution >= 0.6 is 0 Å². The van der Waals surface area contributed by atoms with Crippen LogP contribution < -0.4 is 39.8 Å². The summed E-state index contributed by atoms with van der Waals surface area (Å²) < 4.78 is 4.51. The molecular weight excluding hydrogens is 323 g/mol. The van der Waals surface area contributed by atoms with Gasteiger partial charge in [-0.15, -0.1) is 0 Å². The SMILES string of the molecule is Cn1c(=O)cc(-n2cc[n+](C)c2)[nH]c1=O.[I-]. The second-order valence-corrected chi connectivity index (χ2v) is 3.34. The molecule has 0 saturated heterocycles. The molecule has 0 fully saturated rings. The third kappa shape index (κ3) is 2.23. The van der Waals surface area contributed by atoms with E-state index in [-0.39, 0.29) is 29.5 Å². The van der Waals surface area contributed by atoms with E-state index in [0.29, 0.717) is 5.82 Å². The minimum Gasteiger partial charge on any atom is -1.00 e. The molecule has 2 aromatic rings. The minimum atomic E-state index is -0.422. The topological polar surface area (TPSA) is 63.7 Å². The molecule has 2 rings (SSSR count). The number of nitrogens with one attached hydrogen (secondary N) is 1. The van der Waals surface area contributed by atoms with Crippen molar-refractivity contribution in [2.45, 2.75) is 0 Å². The summed E-state index contributed by atoms with van der Waals surface area (Å²) in [6.07, 6.45) is 5.32. The lowest BCUT2D eigenvalue weighted by atomic mass is 10.5. The van der Waals surface area contributed by atoms with E-state index in [0.717, 1.165) is 4.57 Å². The highest BCUT2D eigenvalue weighted by Crippen LogP contribution is 1.94. The number of imidazole rings is 1. The Kier molecular flexibility index (Phi) is 3.68. The van der Waals surface area contributed by atoms with E-state index in [1.165, 1.54) is 13.1 Å². The molecule has 0 atom stereocenters. The first-order chi connectivity index (χ1) is 7.08. The smallest absolute Gasteiger partial charge is 0.331 e. The number of hydrogen-bond acceptors (Lipinski definition) is 2. The number of aromatic nitrogens is 4. The number of rotatable bonds is 1. The highest BCUT2D eigenvalue weighted by molar-refractivity contribution is 5.18. The van der Waals surface area contributed by atoms with Crippen LogP contribution in [0.15, 0.2) is 34.4 Å². The van der Waals surface area contributed by atoms with E-state index in [2.05, 4.69) is 4.98 Å². The molecule has 1 N–H and O–H groups in total. The summed E-state index contributed by atoms with van der Waals surface area (Å²) in [4.78, 5) is 25.3. The van der Waals surface area contributed by atoms with Crippen LogP contribution in [0.4, 0.5) is 0 Å². The standard InChI is InChI=1S/C9H10N4O2.HI/c1-11-3-4-13(6-11)7-5-8(14)12(2)9(15)10-7;/h3-6H,1-2H3;1H. The van der Waals surface area contributed by atoms with Crippen molar-refractivity contribution in [3.05, 3.63) is 45.6 Å². The predicted octanol–water partition coefficient (Wildman–Crippen LogP) is -4.31. The summed E-state index contributed by atoms with van der Waals surface area (Å²) in [5.74, 6) is 0.462. The average molecular weight is 334 g/mol. The molecule has 0 aliphatic heterocycles. The zero-order valence-electron chi connectivity index (χ0n) is 8.85. The molecular formula is C9H11IN4O2. The molecule has 0 unspecified atom stereocenters. The number of hydrogen-bond donors (Lipinski definition) is 1. The normalized spacial score (nSPS) is 9.88. The summed E-state index contributed by atoms with van der Waals surface area (Å²) in [5, 5.41) is 0. The number of nitrogens with zero attached hydrogens (tertiary/aromatic N) is 3. The van der Waals surface area contributed by atoms with Crippen molar-refractivity contribution in [2.75, 3.05) is 0 Å². The van der Waals surface area contributed by atoms with Gasteiger partial charge in [-0.1, -0.05) is 0 Å². The highest BCUT2D eigenvalue weighted by atomic mass is 127. The van der Waals surface area contributed by atoms with Gasteiger partial charge in [0.2, 0.25) is 12.1 Å². The van der Waals surface area contributed by atoms with E-state index >= 15 is 0 Å². The summed E-state index contributed by atoms with van der Waals surface area (Å²) >= 11 is 0. The van der Waals surface area contributed by atoms with Gasteiger partial charge in [-0.3, -0.25) is 14.3 Å². The molecule has 0 aliphatic rings. The Morgan fingerprint density at radius 2 is 2.06 bits per heavy atom. The fourth-order valence-electron chi connectivity index (χ4n) is 1.28. The molecule has 2 heterocycles. The van der Waals surface area contributed by atoms with Gasteiger partial charge in [0, 0.05) is 7.05 Å². The lowest BCUT2D eigenvalue weighted by Crippen LogP contribution is -3.00. The minimum absolute atomic E-state index is 0. The molecule has 86 valence electrons. The molecule has 0 amide bonds. The van der Waals surface area contributed by atoms with Crippen LogP contribution in [0.5, 0.6) is 0 Å². The monoisotopic (exact) mass is 334 g/mol. The van der Waals surface area contributed by atoms with Crippen LogP contribution in [0.3, 0.4) is 0 Å². The number of aryl methyl sites for hydroxylation is 1. The second kappa shape index (κ2) is 4.64. The molecule has 0 aromatic carbocycles. The van der Waals surface area contributed by atoms with Gasteiger partial charge in [-0.25, -0.2) is 9.36 Å². The quantitative estimate of drug-likeness (QED) is 0.424.